The first-order valence-corrected chi connectivity index (χ1v) is 9.79. The minimum Gasteiger partial charge on any atom is -0.378 e. The van der Waals surface area contributed by atoms with E-state index in [0.717, 1.165) is 31.5 Å². The van der Waals surface area contributed by atoms with Gasteiger partial charge in [-0.1, -0.05) is 42.0 Å². The molecule has 156 valence electrons. The van der Waals surface area contributed by atoms with Crippen LogP contribution in [0.4, 0.5) is 5.82 Å². The number of nitrogens with two attached hydrogens (primary N) is 1. The van der Waals surface area contributed by atoms with Crippen molar-refractivity contribution in [3.63, 3.8) is 0 Å². The minimum atomic E-state index is -0.468. The Kier molecular flexibility index (Phi) is 5.80. The molecule has 30 heavy (non-hydrogen) atoms. The predicted molar refractivity (Wildman–Crippen MR) is 109 cm³/mol. The van der Waals surface area contributed by atoms with Gasteiger partial charge in [0.05, 0.1) is 5.71 Å². The monoisotopic (exact) mass is 409 g/mol. The van der Waals surface area contributed by atoms with Crippen molar-refractivity contribution in [1.82, 2.24) is 35.6 Å². The number of aromatic nitrogens is 5. The van der Waals surface area contributed by atoms with E-state index in [4.69, 9.17) is 5.73 Å². The lowest BCUT2D eigenvalue weighted by Gasteiger charge is -2.25. The van der Waals surface area contributed by atoms with Crippen LogP contribution in [0.1, 0.15) is 47.9 Å². The number of amides is 1. The Bertz CT molecular complexity index is 1040. The number of likely N-dealkylation sites (tertiary alicyclic amines) is 1. The molecule has 0 unspecified atom stereocenters. The number of hydrogen-bond acceptors (Lipinski definition) is 9. The van der Waals surface area contributed by atoms with Crippen LogP contribution >= 0.6 is 0 Å². The van der Waals surface area contributed by atoms with Crippen LogP contribution in [-0.4, -0.2) is 54.9 Å². The van der Waals surface area contributed by atoms with Crippen LogP contribution in [0, 0.1) is 0 Å². The standard InChI is InChI=1S/C19H23N9O2/c1-13(14-8-4-2-5-9-14)21-23-19(29)16-15(12-27-10-6-3-7-11-27)22-26-28(16)18-17(20)24-30-25-18/h2,4-5,8-9H,3,6-7,10-12H2,1H3,(H2,20,24)(H,23,29)/b21-13-. The number of carbonyl (C=O) groups is 1. The number of anilines is 1. The van der Waals surface area contributed by atoms with Gasteiger partial charge in [0.15, 0.2) is 5.69 Å². The first kappa shape index (κ1) is 19.7. The van der Waals surface area contributed by atoms with Gasteiger partial charge in [-0.25, -0.2) is 10.1 Å². The molecule has 1 fully saturated rings. The Hall–Kier alpha value is -3.60. The number of nitrogens with zero attached hydrogens (tertiary/aromatic N) is 7. The van der Waals surface area contributed by atoms with Crippen molar-refractivity contribution in [2.24, 2.45) is 5.10 Å². The zero-order valence-corrected chi connectivity index (χ0v) is 16.7. The second-order valence-electron chi connectivity index (χ2n) is 7.11. The van der Waals surface area contributed by atoms with Gasteiger partial charge in [-0.2, -0.15) is 9.78 Å². The summed E-state index contributed by atoms with van der Waals surface area (Å²) in [5.74, 6) is -0.339. The van der Waals surface area contributed by atoms with E-state index in [0.29, 0.717) is 18.0 Å². The molecule has 1 aliphatic heterocycles. The summed E-state index contributed by atoms with van der Waals surface area (Å²) in [5.41, 5.74) is 10.7. The van der Waals surface area contributed by atoms with Gasteiger partial charge in [0.25, 0.3) is 5.91 Å². The number of piperidine rings is 1. The summed E-state index contributed by atoms with van der Waals surface area (Å²) in [6.07, 6.45) is 3.46. The number of rotatable bonds is 6. The molecule has 0 atom stereocenters. The second-order valence-corrected chi connectivity index (χ2v) is 7.11. The van der Waals surface area contributed by atoms with Crippen molar-refractivity contribution in [2.75, 3.05) is 18.8 Å². The molecule has 0 saturated carbocycles. The van der Waals surface area contributed by atoms with Crippen LogP contribution in [0.5, 0.6) is 0 Å². The number of nitrogens with one attached hydrogen (secondary N) is 1. The maximum atomic E-state index is 13.1. The Morgan fingerprint density at radius 1 is 1.20 bits per heavy atom. The van der Waals surface area contributed by atoms with Crippen molar-refractivity contribution in [2.45, 2.75) is 32.7 Å². The molecule has 4 rings (SSSR count). The topological polar surface area (TPSA) is 140 Å². The van der Waals surface area contributed by atoms with Crippen molar-refractivity contribution >= 4 is 17.4 Å². The fraction of sp³-hybridized carbons (Fsp3) is 0.368. The van der Waals surface area contributed by atoms with Crippen molar-refractivity contribution < 1.29 is 9.42 Å². The van der Waals surface area contributed by atoms with Crippen LogP contribution < -0.4 is 11.2 Å². The van der Waals surface area contributed by atoms with Crippen molar-refractivity contribution in [3.05, 3.63) is 47.3 Å². The first-order valence-electron chi connectivity index (χ1n) is 9.79. The van der Waals surface area contributed by atoms with E-state index in [1.807, 2.05) is 37.3 Å². The van der Waals surface area contributed by atoms with Gasteiger partial charge in [-0.3, -0.25) is 9.69 Å². The molecule has 3 N–H and O–H groups in total. The number of nitrogen functional groups attached to an aromatic ring is 1. The quantitative estimate of drug-likeness (QED) is 0.459. The number of carbonyl (C=O) groups excluding carboxylic acids is 1. The Morgan fingerprint density at radius 3 is 2.67 bits per heavy atom. The van der Waals surface area contributed by atoms with Crippen molar-refractivity contribution in [3.8, 4) is 5.82 Å². The van der Waals surface area contributed by atoms with Crippen molar-refractivity contribution in [1.29, 1.82) is 0 Å². The number of hydrazone groups is 1. The summed E-state index contributed by atoms with van der Waals surface area (Å²) >= 11 is 0. The van der Waals surface area contributed by atoms with E-state index in [-0.39, 0.29) is 17.3 Å². The van der Waals surface area contributed by atoms with Gasteiger partial charge in [0, 0.05) is 6.54 Å². The highest BCUT2D eigenvalue weighted by Crippen LogP contribution is 2.19. The van der Waals surface area contributed by atoms with E-state index in [2.05, 4.69) is 40.7 Å². The largest absolute Gasteiger partial charge is 0.378 e. The number of benzene rings is 1. The number of hydrogen-bond donors (Lipinski definition) is 2. The molecule has 2 aromatic heterocycles. The first-order chi connectivity index (χ1) is 14.6. The van der Waals surface area contributed by atoms with Crippen LogP contribution in [0.2, 0.25) is 0 Å². The van der Waals surface area contributed by atoms with Gasteiger partial charge < -0.3 is 5.73 Å². The fourth-order valence-electron chi connectivity index (χ4n) is 3.39. The van der Waals surface area contributed by atoms with Crippen LogP contribution in [0.25, 0.3) is 5.82 Å². The molecule has 0 bridgehead atoms. The smallest absolute Gasteiger partial charge is 0.292 e. The van der Waals surface area contributed by atoms with E-state index in [9.17, 15) is 4.79 Å². The molecule has 3 aromatic rings. The van der Waals surface area contributed by atoms with E-state index in [1.54, 1.807) is 0 Å². The zero-order valence-electron chi connectivity index (χ0n) is 16.7. The van der Waals surface area contributed by atoms with Gasteiger partial charge in [0.2, 0.25) is 11.6 Å². The Balaban J connectivity index is 1.62. The van der Waals surface area contributed by atoms with E-state index >= 15 is 0 Å². The van der Waals surface area contributed by atoms with Gasteiger partial charge in [-0.15, -0.1) is 5.10 Å². The average Bonchev–Trinajstić information content (AvgIpc) is 3.38. The summed E-state index contributed by atoms with van der Waals surface area (Å²) in [5, 5.41) is 19.8. The normalized spacial score (nSPS) is 15.3. The van der Waals surface area contributed by atoms with E-state index < -0.39 is 5.91 Å². The predicted octanol–water partition coefficient (Wildman–Crippen LogP) is 1.37. The van der Waals surface area contributed by atoms with Crippen LogP contribution in [-0.2, 0) is 6.54 Å². The highest BCUT2D eigenvalue weighted by atomic mass is 16.6. The maximum absolute atomic E-state index is 13.1. The molecule has 11 nitrogen and oxygen atoms in total. The molecule has 0 radical (unpaired) electrons. The zero-order chi connectivity index (χ0) is 20.9. The maximum Gasteiger partial charge on any atom is 0.292 e. The van der Waals surface area contributed by atoms with Gasteiger partial charge in [-0.05, 0) is 48.7 Å². The third kappa shape index (κ3) is 4.20. The Morgan fingerprint density at radius 2 is 1.97 bits per heavy atom. The minimum absolute atomic E-state index is 0.0161. The molecule has 1 saturated heterocycles. The van der Waals surface area contributed by atoms with Crippen LogP contribution in [0.15, 0.2) is 40.1 Å². The summed E-state index contributed by atoms with van der Waals surface area (Å²) in [6, 6.07) is 9.57. The SMILES string of the molecule is C/C(=N/NC(=O)c1c(CN2CCCCC2)nnn1-c1nonc1N)c1ccccc1. The Labute approximate surface area is 172 Å². The third-order valence-electron chi connectivity index (χ3n) is 4.99. The molecule has 0 spiro atoms. The summed E-state index contributed by atoms with van der Waals surface area (Å²) in [4.78, 5) is 15.3. The lowest BCUT2D eigenvalue weighted by Crippen LogP contribution is -2.31. The average molecular weight is 409 g/mol. The third-order valence-corrected chi connectivity index (χ3v) is 4.99. The molecule has 1 aromatic carbocycles. The molecule has 3 heterocycles. The molecule has 1 aliphatic rings. The van der Waals surface area contributed by atoms with Crippen LogP contribution in [0.3, 0.4) is 0 Å². The second kappa shape index (κ2) is 8.82. The fourth-order valence-corrected chi connectivity index (χ4v) is 3.39. The highest BCUT2D eigenvalue weighted by Gasteiger charge is 2.26. The molecule has 11 heteroatoms. The van der Waals surface area contributed by atoms with Gasteiger partial charge >= 0.3 is 0 Å². The van der Waals surface area contributed by atoms with Gasteiger partial charge in [0.1, 0.15) is 5.69 Å². The molecular weight excluding hydrogens is 386 g/mol. The summed E-state index contributed by atoms with van der Waals surface area (Å²) in [7, 11) is 0. The highest BCUT2D eigenvalue weighted by molar-refractivity contribution is 6.00. The molecule has 1 amide bonds. The lowest BCUT2D eigenvalue weighted by atomic mass is 10.1. The summed E-state index contributed by atoms with van der Waals surface area (Å²) < 4.78 is 5.91. The summed E-state index contributed by atoms with van der Waals surface area (Å²) in [6.45, 7) is 4.22. The lowest BCUT2D eigenvalue weighted by molar-refractivity contribution is 0.0944. The molecule has 0 aliphatic carbocycles. The van der Waals surface area contributed by atoms with E-state index in [1.165, 1.54) is 11.1 Å². The molecular formula is C19H23N9O2.